The van der Waals surface area contributed by atoms with Crippen molar-refractivity contribution in [3.63, 3.8) is 0 Å². The predicted octanol–water partition coefficient (Wildman–Crippen LogP) is 2.68. The smallest absolute Gasteiger partial charge is 0.293 e. The summed E-state index contributed by atoms with van der Waals surface area (Å²) in [5.74, 6) is -0.325. The first-order valence-corrected chi connectivity index (χ1v) is 10.8. The van der Waals surface area contributed by atoms with E-state index in [4.69, 9.17) is 33.6 Å². The predicted molar refractivity (Wildman–Crippen MR) is 119 cm³/mol. The summed E-state index contributed by atoms with van der Waals surface area (Å²) in [5.41, 5.74) is 9.47. The van der Waals surface area contributed by atoms with Crippen LogP contribution in [0.15, 0.2) is 27.9 Å². The molecule has 1 atom stereocenters. The second-order valence-corrected chi connectivity index (χ2v) is 8.21. The summed E-state index contributed by atoms with van der Waals surface area (Å²) in [6.45, 7) is 3.47. The van der Waals surface area contributed by atoms with Crippen molar-refractivity contribution in [3.8, 4) is 5.82 Å². The molecule has 3 heterocycles. The number of nitrogen functional groups attached to an aromatic ring is 1. The van der Waals surface area contributed by atoms with Crippen molar-refractivity contribution >= 4 is 41.1 Å². The first-order chi connectivity index (χ1) is 15.5. The topological polar surface area (TPSA) is 140 Å². The molecule has 1 aliphatic heterocycles. The minimum Gasteiger partial charge on any atom is -0.378 e. The Labute approximate surface area is 193 Å². The largest absolute Gasteiger partial charge is 0.378 e. The number of aromatic nitrogens is 5. The number of rotatable bonds is 6. The van der Waals surface area contributed by atoms with E-state index in [1.165, 1.54) is 17.3 Å². The Morgan fingerprint density at radius 3 is 2.97 bits per heavy atom. The standard InChI is InChI=1S/C19H21Cl2N9O2/c1-11-5-2-3-8-29(11)10-14-16(24-28-30(14)18-17(22)26-32-27-18)19(31)25-23-9-12-6-4-7-13(20)15(12)21/h4,6-7,9,11H,2-3,5,8,10H2,1H3,(H2,22,26)(H,25,31)/b23-9+/t11-/m0/s1. The lowest BCUT2D eigenvalue weighted by Gasteiger charge is -2.33. The minimum atomic E-state index is -0.541. The number of carbonyl (C=O) groups excluding carboxylic acids is 1. The number of nitrogens with zero attached hydrogens (tertiary/aromatic N) is 7. The van der Waals surface area contributed by atoms with Gasteiger partial charge in [-0.15, -0.1) is 5.10 Å². The first-order valence-electron chi connectivity index (χ1n) is 10.00. The highest BCUT2D eigenvalue weighted by Crippen LogP contribution is 2.24. The van der Waals surface area contributed by atoms with Crippen LogP contribution in [0.5, 0.6) is 0 Å². The molecule has 1 amide bonds. The third-order valence-electron chi connectivity index (χ3n) is 5.32. The number of piperidine rings is 1. The number of nitrogens with two attached hydrogens (primary N) is 1. The van der Waals surface area contributed by atoms with Gasteiger partial charge in [0.05, 0.1) is 22.0 Å². The first kappa shape index (κ1) is 22.2. The molecule has 0 bridgehead atoms. The number of hydrogen-bond donors (Lipinski definition) is 2. The van der Waals surface area contributed by atoms with Gasteiger partial charge in [0.1, 0.15) is 0 Å². The maximum atomic E-state index is 12.9. The zero-order valence-electron chi connectivity index (χ0n) is 17.2. The summed E-state index contributed by atoms with van der Waals surface area (Å²) in [5, 5.41) is 20.2. The van der Waals surface area contributed by atoms with Crippen molar-refractivity contribution in [2.24, 2.45) is 5.10 Å². The molecule has 11 nitrogen and oxygen atoms in total. The third-order valence-corrected chi connectivity index (χ3v) is 6.15. The van der Waals surface area contributed by atoms with Gasteiger partial charge in [0.25, 0.3) is 5.91 Å². The lowest BCUT2D eigenvalue weighted by atomic mass is 10.0. The molecule has 168 valence electrons. The lowest BCUT2D eigenvalue weighted by Crippen LogP contribution is -2.38. The van der Waals surface area contributed by atoms with Crippen molar-refractivity contribution < 1.29 is 9.42 Å². The molecule has 1 fully saturated rings. The third kappa shape index (κ3) is 4.59. The Bertz CT molecular complexity index is 1140. The number of carbonyl (C=O) groups is 1. The average molecular weight is 478 g/mol. The van der Waals surface area contributed by atoms with Gasteiger partial charge in [-0.25, -0.2) is 10.1 Å². The van der Waals surface area contributed by atoms with Crippen LogP contribution >= 0.6 is 23.2 Å². The molecule has 3 N–H and O–H groups in total. The van der Waals surface area contributed by atoms with Crippen LogP contribution in [0.3, 0.4) is 0 Å². The minimum absolute atomic E-state index is 0.0448. The van der Waals surface area contributed by atoms with Crippen LogP contribution in [0.2, 0.25) is 10.0 Å². The zero-order valence-corrected chi connectivity index (χ0v) is 18.7. The summed E-state index contributed by atoms with van der Waals surface area (Å²) in [7, 11) is 0. The molecule has 0 unspecified atom stereocenters. The average Bonchev–Trinajstić information content (AvgIpc) is 3.38. The molecule has 1 aliphatic rings. The van der Waals surface area contributed by atoms with E-state index in [0.29, 0.717) is 33.9 Å². The fraction of sp³-hybridized carbons (Fsp3) is 0.368. The van der Waals surface area contributed by atoms with E-state index < -0.39 is 5.91 Å². The highest BCUT2D eigenvalue weighted by Gasteiger charge is 2.28. The highest BCUT2D eigenvalue weighted by atomic mass is 35.5. The number of hydrazone groups is 1. The van der Waals surface area contributed by atoms with E-state index in [2.05, 4.69) is 43.0 Å². The Kier molecular flexibility index (Phi) is 6.68. The number of anilines is 1. The molecular weight excluding hydrogens is 457 g/mol. The molecule has 1 saturated heterocycles. The van der Waals surface area contributed by atoms with Crippen LogP contribution in [-0.2, 0) is 6.54 Å². The van der Waals surface area contributed by atoms with Gasteiger partial charge in [-0.2, -0.15) is 9.78 Å². The molecule has 0 radical (unpaired) electrons. The monoisotopic (exact) mass is 477 g/mol. The van der Waals surface area contributed by atoms with Crippen LogP contribution in [0.1, 0.15) is 47.9 Å². The molecule has 2 aromatic heterocycles. The molecule has 4 rings (SSSR count). The van der Waals surface area contributed by atoms with Gasteiger partial charge < -0.3 is 5.73 Å². The van der Waals surface area contributed by atoms with Crippen LogP contribution in [0, 0.1) is 0 Å². The number of halogens is 2. The van der Waals surface area contributed by atoms with E-state index in [1.54, 1.807) is 18.2 Å². The molecule has 1 aromatic carbocycles. The molecule has 0 saturated carbocycles. The van der Waals surface area contributed by atoms with Crippen LogP contribution in [0.4, 0.5) is 5.82 Å². The van der Waals surface area contributed by atoms with Gasteiger partial charge in [-0.05, 0) is 42.7 Å². The molecule has 32 heavy (non-hydrogen) atoms. The van der Waals surface area contributed by atoms with Crippen molar-refractivity contribution in [2.45, 2.75) is 38.8 Å². The number of nitrogens with one attached hydrogen (secondary N) is 1. The number of likely N-dealkylation sites (tertiary alicyclic amines) is 1. The second-order valence-electron chi connectivity index (χ2n) is 7.43. The summed E-state index contributed by atoms with van der Waals surface area (Å²) >= 11 is 12.2. The van der Waals surface area contributed by atoms with E-state index in [1.807, 2.05) is 0 Å². The fourth-order valence-electron chi connectivity index (χ4n) is 3.55. The SMILES string of the molecule is C[C@H]1CCCCN1Cc1c(C(=O)N/N=C/c2cccc(Cl)c2Cl)nnn1-c1nonc1N. The van der Waals surface area contributed by atoms with Crippen LogP contribution in [0.25, 0.3) is 5.82 Å². The van der Waals surface area contributed by atoms with E-state index in [0.717, 1.165) is 19.4 Å². The maximum absolute atomic E-state index is 12.9. The Balaban J connectivity index is 1.60. The van der Waals surface area contributed by atoms with Gasteiger partial charge >= 0.3 is 0 Å². The molecular formula is C19H21Cl2N9O2. The van der Waals surface area contributed by atoms with Gasteiger partial charge in [0.2, 0.25) is 11.6 Å². The molecule has 0 aliphatic carbocycles. The summed E-state index contributed by atoms with van der Waals surface area (Å²) in [6.07, 6.45) is 4.72. The van der Waals surface area contributed by atoms with E-state index >= 15 is 0 Å². The Hall–Kier alpha value is -3.02. The van der Waals surface area contributed by atoms with E-state index in [9.17, 15) is 4.79 Å². The molecule has 3 aromatic rings. The summed E-state index contributed by atoms with van der Waals surface area (Å²) in [4.78, 5) is 15.1. The van der Waals surface area contributed by atoms with Crippen molar-refractivity contribution in [1.82, 2.24) is 35.6 Å². The molecule has 0 spiro atoms. The molecule has 13 heteroatoms. The van der Waals surface area contributed by atoms with Crippen molar-refractivity contribution in [3.05, 3.63) is 45.2 Å². The summed E-state index contributed by atoms with van der Waals surface area (Å²) in [6, 6.07) is 5.47. The lowest BCUT2D eigenvalue weighted by molar-refractivity contribution is 0.0945. The Morgan fingerprint density at radius 1 is 1.38 bits per heavy atom. The van der Waals surface area contributed by atoms with Crippen LogP contribution in [-0.4, -0.2) is 54.9 Å². The number of benzene rings is 1. The maximum Gasteiger partial charge on any atom is 0.293 e. The normalized spacial score (nSPS) is 17.2. The zero-order chi connectivity index (χ0) is 22.7. The number of hydrogen-bond acceptors (Lipinski definition) is 9. The van der Waals surface area contributed by atoms with Gasteiger partial charge in [0.15, 0.2) is 5.69 Å². The van der Waals surface area contributed by atoms with E-state index in [-0.39, 0.29) is 17.3 Å². The van der Waals surface area contributed by atoms with Crippen LogP contribution < -0.4 is 11.2 Å². The second kappa shape index (κ2) is 9.63. The number of amides is 1. The van der Waals surface area contributed by atoms with Crippen molar-refractivity contribution in [1.29, 1.82) is 0 Å². The summed E-state index contributed by atoms with van der Waals surface area (Å²) < 4.78 is 6.07. The van der Waals surface area contributed by atoms with Gasteiger partial charge in [-0.1, -0.05) is 47.0 Å². The Morgan fingerprint density at radius 2 is 2.22 bits per heavy atom. The van der Waals surface area contributed by atoms with Gasteiger partial charge in [0, 0.05) is 18.2 Å². The fourth-order valence-corrected chi connectivity index (χ4v) is 3.90. The van der Waals surface area contributed by atoms with Gasteiger partial charge in [-0.3, -0.25) is 9.69 Å². The van der Waals surface area contributed by atoms with Crippen molar-refractivity contribution in [2.75, 3.05) is 12.3 Å². The highest BCUT2D eigenvalue weighted by molar-refractivity contribution is 6.43. The quantitative estimate of drug-likeness (QED) is 0.407.